The van der Waals surface area contributed by atoms with Gasteiger partial charge in [-0.3, -0.25) is 14.4 Å². The normalized spacial score (nSPS) is 11.5. The van der Waals surface area contributed by atoms with Crippen LogP contribution in [-0.4, -0.2) is 24.4 Å². The minimum Gasteiger partial charge on any atom is -0.456 e. The van der Waals surface area contributed by atoms with Gasteiger partial charge in [-0.05, 0) is 36.6 Å². The summed E-state index contributed by atoms with van der Waals surface area (Å²) in [5, 5.41) is 2.73. The molecule has 0 saturated carbocycles. The molecular formula is C21H24N2O4. The fourth-order valence-electron chi connectivity index (χ4n) is 2.74. The Labute approximate surface area is 158 Å². The molecule has 2 aromatic carbocycles. The van der Waals surface area contributed by atoms with Gasteiger partial charge in [0.15, 0.2) is 6.61 Å². The summed E-state index contributed by atoms with van der Waals surface area (Å²) < 4.78 is 5.08. The van der Waals surface area contributed by atoms with Crippen LogP contribution in [0.1, 0.15) is 35.4 Å². The molecule has 6 nitrogen and oxygen atoms in total. The molecule has 0 aliphatic rings. The molecule has 0 spiro atoms. The summed E-state index contributed by atoms with van der Waals surface area (Å²) in [6.07, 6.45) is 0.0114. The van der Waals surface area contributed by atoms with E-state index in [2.05, 4.69) is 5.32 Å². The number of anilines is 1. The van der Waals surface area contributed by atoms with Crippen LogP contribution in [-0.2, 0) is 19.1 Å². The number of aryl methyl sites for hydroxylation is 2. The molecule has 142 valence electrons. The highest BCUT2D eigenvalue weighted by Crippen LogP contribution is 2.23. The van der Waals surface area contributed by atoms with E-state index in [1.54, 1.807) is 0 Å². The standard InChI is InChI=1S/C21H24N2O4/c1-14-8-9-15(2)18(10-14)23-20(25)13-27-21(26)12-17(11-19(22)24)16-6-4-3-5-7-16/h3-10,17H,11-13H2,1-2H3,(H2,22,24)(H,23,25)/t17-/m0/s1. The van der Waals surface area contributed by atoms with Gasteiger partial charge >= 0.3 is 5.97 Å². The van der Waals surface area contributed by atoms with Crippen molar-refractivity contribution < 1.29 is 19.1 Å². The highest BCUT2D eigenvalue weighted by atomic mass is 16.5. The van der Waals surface area contributed by atoms with Crippen molar-refractivity contribution in [1.82, 2.24) is 0 Å². The van der Waals surface area contributed by atoms with Crippen molar-refractivity contribution >= 4 is 23.5 Å². The third kappa shape index (κ3) is 6.58. The third-order valence-corrected chi connectivity index (χ3v) is 4.16. The summed E-state index contributed by atoms with van der Waals surface area (Å²) in [5.74, 6) is -1.84. The Balaban J connectivity index is 1.90. The van der Waals surface area contributed by atoms with Crippen LogP contribution in [0.25, 0.3) is 0 Å². The quantitative estimate of drug-likeness (QED) is 0.700. The number of carbonyl (C=O) groups excluding carboxylic acids is 3. The van der Waals surface area contributed by atoms with Gasteiger partial charge in [0.25, 0.3) is 5.91 Å². The topological polar surface area (TPSA) is 98.5 Å². The molecule has 0 saturated heterocycles. The molecule has 3 N–H and O–H groups in total. The number of rotatable bonds is 8. The summed E-state index contributed by atoms with van der Waals surface area (Å²) in [6.45, 7) is 3.43. The van der Waals surface area contributed by atoms with Gasteiger partial charge in [0.1, 0.15) is 0 Å². The Kier molecular flexibility index (Phi) is 7.11. The lowest BCUT2D eigenvalue weighted by atomic mass is 9.92. The SMILES string of the molecule is Cc1ccc(C)c(NC(=O)COC(=O)C[C@H](CC(N)=O)c2ccccc2)c1. The van der Waals surface area contributed by atoms with Gasteiger partial charge in [0, 0.05) is 18.0 Å². The number of carbonyl (C=O) groups is 3. The van der Waals surface area contributed by atoms with Gasteiger partial charge in [0.05, 0.1) is 6.42 Å². The maximum atomic E-state index is 12.1. The molecule has 2 aromatic rings. The first-order valence-electron chi connectivity index (χ1n) is 8.71. The largest absolute Gasteiger partial charge is 0.456 e. The van der Waals surface area contributed by atoms with Crippen molar-refractivity contribution in [1.29, 1.82) is 0 Å². The number of esters is 1. The molecule has 0 radical (unpaired) electrons. The first-order chi connectivity index (χ1) is 12.8. The van der Waals surface area contributed by atoms with Gasteiger partial charge in [-0.2, -0.15) is 0 Å². The monoisotopic (exact) mass is 368 g/mol. The predicted molar refractivity (Wildman–Crippen MR) is 103 cm³/mol. The van der Waals surface area contributed by atoms with Crippen LogP contribution in [0.3, 0.4) is 0 Å². The third-order valence-electron chi connectivity index (χ3n) is 4.16. The van der Waals surface area contributed by atoms with E-state index in [0.29, 0.717) is 5.69 Å². The van der Waals surface area contributed by atoms with Crippen LogP contribution in [0, 0.1) is 13.8 Å². The van der Waals surface area contributed by atoms with Crippen molar-refractivity contribution in [3.05, 3.63) is 65.2 Å². The lowest BCUT2D eigenvalue weighted by Crippen LogP contribution is -2.23. The number of amides is 2. The lowest BCUT2D eigenvalue weighted by molar-refractivity contribution is -0.147. The van der Waals surface area contributed by atoms with Gasteiger partial charge in [0.2, 0.25) is 5.91 Å². The summed E-state index contributed by atoms with van der Waals surface area (Å²) >= 11 is 0. The number of hydrogen-bond donors (Lipinski definition) is 2. The van der Waals surface area contributed by atoms with Crippen molar-refractivity contribution in [2.45, 2.75) is 32.6 Å². The average molecular weight is 368 g/mol. The van der Waals surface area contributed by atoms with Crippen LogP contribution in [0.4, 0.5) is 5.69 Å². The number of ether oxygens (including phenoxy) is 1. The zero-order valence-corrected chi connectivity index (χ0v) is 15.5. The van der Waals surface area contributed by atoms with Gasteiger partial charge < -0.3 is 15.8 Å². The molecule has 27 heavy (non-hydrogen) atoms. The molecular weight excluding hydrogens is 344 g/mol. The number of benzene rings is 2. The Morgan fingerprint density at radius 3 is 2.41 bits per heavy atom. The molecule has 6 heteroatoms. The van der Waals surface area contributed by atoms with Crippen LogP contribution in [0.5, 0.6) is 0 Å². The van der Waals surface area contributed by atoms with E-state index in [1.807, 2.05) is 62.4 Å². The first-order valence-corrected chi connectivity index (χ1v) is 8.71. The summed E-state index contributed by atoms with van der Waals surface area (Å²) in [7, 11) is 0. The highest BCUT2D eigenvalue weighted by molar-refractivity contribution is 5.93. The number of nitrogens with one attached hydrogen (secondary N) is 1. The minimum atomic E-state index is -0.554. The van der Waals surface area contributed by atoms with Crippen molar-refractivity contribution in [2.75, 3.05) is 11.9 Å². The smallest absolute Gasteiger partial charge is 0.306 e. The molecule has 0 aliphatic heterocycles. The Morgan fingerprint density at radius 2 is 1.74 bits per heavy atom. The maximum Gasteiger partial charge on any atom is 0.306 e. The first kappa shape index (κ1) is 20.2. The minimum absolute atomic E-state index is 0.0241. The lowest BCUT2D eigenvalue weighted by Gasteiger charge is -2.15. The van der Waals surface area contributed by atoms with Gasteiger partial charge in [-0.15, -0.1) is 0 Å². The fourth-order valence-corrected chi connectivity index (χ4v) is 2.74. The zero-order valence-electron chi connectivity index (χ0n) is 15.5. The van der Waals surface area contributed by atoms with E-state index in [1.165, 1.54) is 0 Å². The zero-order chi connectivity index (χ0) is 19.8. The number of hydrogen-bond acceptors (Lipinski definition) is 4. The molecule has 0 aromatic heterocycles. The van der Waals surface area contributed by atoms with Gasteiger partial charge in [-0.25, -0.2) is 0 Å². The van der Waals surface area contributed by atoms with Crippen molar-refractivity contribution in [2.24, 2.45) is 5.73 Å². The second-order valence-electron chi connectivity index (χ2n) is 6.51. The summed E-state index contributed by atoms with van der Waals surface area (Å²) in [6, 6.07) is 14.9. The van der Waals surface area contributed by atoms with Crippen LogP contribution < -0.4 is 11.1 Å². The molecule has 1 atom stereocenters. The molecule has 0 heterocycles. The molecule has 0 fully saturated rings. The van der Waals surface area contributed by atoms with E-state index < -0.39 is 17.8 Å². The summed E-state index contributed by atoms with van der Waals surface area (Å²) in [4.78, 5) is 35.5. The van der Waals surface area contributed by atoms with E-state index in [4.69, 9.17) is 10.5 Å². The molecule has 2 amide bonds. The van der Waals surface area contributed by atoms with Crippen LogP contribution >= 0.6 is 0 Å². The summed E-state index contributed by atoms with van der Waals surface area (Å²) in [5.41, 5.74) is 8.74. The van der Waals surface area contributed by atoms with E-state index in [0.717, 1.165) is 16.7 Å². The van der Waals surface area contributed by atoms with Gasteiger partial charge in [-0.1, -0.05) is 42.5 Å². The van der Waals surface area contributed by atoms with E-state index in [-0.39, 0.29) is 25.4 Å². The maximum absolute atomic E-state index is 12.1. The highest BCUT2D eigenvalue weighted by Gasteiger charge is 2.20. The molecule has 2 rings (SSSR count). The number of nitrogens with two attached hydrogens (primary N) is 1. The van der Waals surface area contributed by atoms with Crippen LogP contribution in [0.15, 0.2) is 48.5 Å². The molecule has 0 bridgehead atoms. The van der Waals surface area contributed by atoms with E-state index >= 15 is 0 Å². The predicted octanol–water partition coefficient (Wildman–Crippen LogP) is 2.83. The van der Waals surface area contributed by atoms with Crippen molar-refractivity contribution in [3.8, 4) is 0 Å². The average Bonchev–Trinajstić information content (AvgIpc) is 2.63. The second-order valence-corrected chi connectivity index (χ2v) is 6.51. The van der Waals surface area contributed by atoms with E-state index in [9.17, 15) is 14.4 Å². The Hall–Kier alpha value is -3.15. The van der Waals surface area contributed by atoms with Crippen molar-refractivity contribution in [3.63, 3.8) is 0 Å². The van der Waals surface area contributed by atoms with Crippen LogP contribution in [0.2, 0.25) is 0 Å². The molecule has 0 aliphatic carbocycles. The molecule has 0 unspecified atom stereocenters. The second kappa shape index (κ2) is 9.52. The Morgan fingerprint density at radius 1 is 1.04 bits per heavy atom. The Bertz CT molecular complexity index is 818. The number of primary amides is 1. The fraction of sp³-hybridized carbons (Fsp3) is 0.286.